The first-order chi connectivity index (χ1) is 11.8. The number of para-hydroxylation sites is 1. The number of benzene rings is 1. The Hall–Kier alpha value is -2.29. The van der Waals surface area contributed by atoms with Gasteiger partial charge in [-0.05, 0) is 6.07 Å². The van der Waals surface area contributed by atoms with E-state index in [9.17, 15) is 22.8 Å². The lowest BCUT2D eigenvalue weighted by molar-refractivity contribution is -0.141. The van der Waals surface area contributed by atoms with Crippen LogP contribution in [-0.4, -0.2) is 55.7 Å². The maximum absolute atomic E-state index is 12.2. The first-order valence-corrected chi connectivity index (χ1v) is 7.77. The number of ether oxygens (including phenoxy) is 1. The van der Waals surface area contributed by atoms with Crippen molar-refractivity contribution in [3.63, 3.8) is 0 Å². The Labute approximate surface area is 143 Å². The van der Waals surface area contributed by atoms with Crippen molar-refractivity contribution in [3.8, 4) is 5.75 Å². The number of nitrogens with one attached hydrogen (secondary N) is 2. The van der Waals surface area contributed by atoms with Crippen LogP contribution in [0.4, 0.5) is 13.2 Å². The van der Waals surface area contributed by atoms with Gasteiger partial charge in [0.25, 0.3) is 0 Å². The number of carbonyl (C=O) groups excluding carboxylic acids is 2. The second kappa shape index (κ2) is 8.19. The van der Waals surface area contributed by atoms with Gasteiger partial charge in [-0.3, -0.25) is 14.5 Å². The van der Waals surface area contributed by atoms with Gasteiger partial charge in [-0.25, -0.2) is 0 Å². The molecule has 0 aromatic heterocycles. The summed E-state index contributed by atoms with van der Waals surface area (Å²) >= 11 is 0. The van der Waals surface area contributed by atoms with Crippen molar-refractivity contribution in [3.05, 3.63) is 29.8 Å². The molecule has 1 atom stereocenters. The lowest BCUT2D eigenvalue weighted by Crippen LogP contribution is -2.56. The quantitative estimate of drug-likeness (QED) is 0.797. The van der Waals surface area contributed by atoms with Crippen molar-refractivity contribution in [1.82, 2.24) is 15.5 Å². The van der Waals surface area contributed by atoms with Gasteiger partial charge in [0.05, 0.1) is 19.6 Å². The minimum atomic E-state index is -4.48. The maximum atomic E-state index is 12.2. The zero-order chi connectivity index (χ0) is 18.4. The number of piperazine rings is 1. The highest BCUT2D eigenvalue weighted by Crippen LogP contribution is 2.22. The molecule has 1 aromatic rings. The smallest absolute Gasteiger partial charge is 0.405 e. The molecular formula is C16H20F3N3O3. The highest BCUT2D eigenvalue weighted by atomic mass is 19.4. The van der Waals surface area contributed by atoms with E-state index in [4.69, 9.17) is 4.74 Å². The van der Waals surface area contributed by atoms with E-state index in [1.165, 1.54) is 7.11 Å². The molecule has 2 amide bonds. The van der Waals surface area contributed by atoms with Crippen LogP contribution in [0, 0.1) is 0 Å². The molecule has 1 heterocycles. The number of hydrogen-bond acceptors (Lipinski definition) is 4. The predicted molar refractivity (Wildman–Crippen MR) is 83.9 cm³/mol. The second-order valence-corrected chi connectivity index (χ2v) is 5.69. The van der Waals surface area contributed by atoms with Crippen molar-refractivity contribution in [2.45, 2.75) is 25.2 Å². The number of hydrogen-bond donors (Lipinski definition) is 2. The SMILES string of the molecule is COc1ccccc1CN1CCNC(=O)C1CC(=O)NCC(F)(F)F. The molecule has 0 radical (unpaired) electrons. The fraction of sp³-hybridized carbons (Fsp3) is 0.500. The van der Waals surface area contributed by atoms with Crippen molar-refractivity contribution in [1.29, 1.82) is 0 Å². The summed E-state index contributed by atoms with van der Waals surface area (Å²) in [4.78, 5) is 25.6. The lowest BCUT2D eigenvalue weighted by Gasteiger charge is -2.35. The minimum Gasteiger partial charge on any atom is -0.496 e. The van der Waals surface area contributed by atoms with Gasteiger partial charge in [0.1, 0.15) is 12.3 Å². The third-order valence-electron chi connectivity index (χ3n) is 3.87. The summed E-state index contributed by atoms with van der Waals surface area (Å²) in [5, 5.41) is 4.44. The number of alkyl halides is 3. The summed E-state index contributed by atoms with van der Waals surface area (Å²) in [5.74, 6) is -0.540. The lowest BCUT2D eigenvalue weighted by atomic mass is 10.1. The fourth-order valence-electron chi connectivity index (χ4n) is 2.67. The van der Waals surface area contributed by atoms with E-state index >= 15 is 0 Å². The molecule has 1 unspecified atom stereocenters. The molecule has 1 fully saturated rings. The first-order valence-electron chi connectivity index (χ1n) is 7.77. The van der Waals surface area contributed by atoms with Gasteiger partial charge in [-0.2, -0.15) is 13.2 Å². The van der Waals surface area contributed by atoms with E-state index in [0.29, 0.717) is 25.4 Å². The van der Waals surface area contributed by atoms with Crippen LogP contribution < -0.4 is 15.4 Å². The summed E-state index contributed by atoms with van der Waals surface area (Å²) in [5.41, 5.74) is 0.834. The zero-order valence-electron chi connectivity index (χ0n) is 13.7. The molecule has 0 aliphatic carbocycles. The second-order valence-electron chi connectivity index (χ2n) is 5.69. The van der Waals surface area contributed by atoms with Crippen LogP contribution in [-0.2, 0) is 16.1 Å². The third kappa shape index (κ3) is 5.63. The Morgan fingerprint density at radius 2 is 2.12 bits per heavy atom. The predicted octanol–water partition coefficient (Wildman–Crippen LogP) is 1.06. The van der Waals surface area contributed by atoms with Crippen LogP contribution in [0.15, 0.2) is 24.3 Å². The Bertz CT molecular complexity index is 622. The molecule has 0 spiro atoms. The summed E-state index contributed by atoms with van der Waals surface area (Å²) in [6, 6.07) is 6.43. The van der Waals surface area contributed by atoms with E-state index in [-0.39, 0.29) is 12.3 Å². The van der Waals surface area contributed by atoms with Crippen molar-refractivity contribution >= 4 is 11.8 Å². The molecule has 0 saturated carbocycles. The molecule has 25 heavy (non-hydrogen) atoms. The van der Waals surface area contributed by atoms with Crippen molar-refractivity contribution in [2.75, 3.05) is 26.7 Å². The topological polar surface area (TPSA) is 70.7 Å². The summed E-state index contributed by atoms with van der Waals surface area (Å²) < 4.78 is 41.9. The van der Waals surface area contributed by atoms with Crippen LogP contribution >= 0.6 is 0 Å². The zero-order valence-corrected chi connectivity index (χ0v) is 13.7. The molecular weight excluding hydrogens is 339 g/mol. The van der Waals surface area contributed by atoms with E-state index in [1.54, 1.807) is 16.3 Å². The Morgan fingerprint density at radius 3 is 2.80 bits per heavy atom. The van der Waals surface area contributed by atoms with E-state index in [0.717, 1.165) is 5.56 Å². The average Bonchev–Trinajstić information content (AvgIpc) is 2.56. The minimum absolute atomic E-state index is 0.336. The van der Waals surface area contributed by atoms with E-state index in [1.807, 2.05) is 18.2 Å². The van der Waals surface area contributed by atoms with E-state index < -0.39 is 24.7 Å². The molecule has 0 bridgehead atoms. The number of amides is 2. The molecule has 1 aliphatic heterocycles. The van der Waals surface area contributed by atoms with Crippen LogP contribution in [0.1, 0.15) is 12.0 Å². The van der Waals surface area contributed by atoms with Gasteiger partial charge in [0.2, 0.25) is 11.8 Å². The molecule has 2 rings (SSSR count). The van der Waals surface area contributed by atoms with Gasteiger partial charge in [-0.1, -0.05) is 18.2 Å². The Morgan fingerprint density at radius 1 is 1.40 bits per heavy atom. The highest BCUT2D eigenvalue weighted by molar-refractivity contribution is 5.88. The normalized spacial score (nSPS) is 18.6. The van der Waals surface area contributed by atoms with Gasteiger partial charge in [-0.15, -0.1) is 0 Å². The fourth-order valence-corrected chi connectivity index (χ4v) is 2.67. The number of halogens is 3. The largest absolute Gasteiger partial charge is 0.496 e. The molecule has 1 aliphatic rings. The maximum Gasteiger partial charge on any atom is 0.405 e. The Balaban J connectivity index is 2.05. The van der Waals surface area contributed by atoms with E-state index in [2.05, 4.69) is 5.32 Å². The monoisotopic (exact) mass is 359 g/mol. The Kier molecular flexibility index (Phi) is 6.24. The highest BCUT2D eigenvalue weighted by Gasteiger charge is 2.33. The summed E-state index contributed by atoms with van der Waals surface area (Å²) in [6.07, 6.45) is -4.82. The molecule has 2 N–H and O–H groups in total. The van der Waals surface area contributed by atoms with Gasteiger partial charge >= 0.3 is 6.18 Å². The van der Waals surface area contributed by atoms with Gasteiger partial charge in [0.15, 0.2) is 0 Å². The van der Waals surface area contributed by atoms with Crippen molar-refractivity contribution < 1.29 is 27.5 Å². The third-order valence-corrected chi connectivity index (χ3v) is 3.87. The van der Waals surface area contributed by atoms with Crippen LogP contribution in [0.25, 0.3) is 0 Å². The van der Waals surface area contributed by atoms with Crippen molar-refractivity contribution in [2.24, 2.45) is 0 Å². The molecule has 6 nitrogen and oxygen atoms in total. The first kappa shape index (κ1) is 19.0. The molecule has 138 valence electrons. The molecule has 1 aromatic carbocycles. The average molecular weight is 359 g/mol. The van der Waals surface area contributed by atoms with Gasteiger partial charge in [0, 0.05) is 25.2 Å². The number of carbonyl (C=O) groups is 2. The molecule has 1 saturated heterocycles. The number of rotatable bonds is 6. The molecule has 9 heteroatoms. The van der Waals surface area contributed by atoms with Crippen LogP contribution in [0.5, 0.6) is 5.75 Å². The summed E-state index contributed by atoms with van der Waals surface area (Å²) in [7, 11) is 1.53. The van der Waals surface area contributed by atoms with Gasteiger partial charge < -0.3 is 15.4 Å². The number of nitrogens with zero attached hydrogens (tertiary/aromatic N) is 1. The summed E-state index contributed by atoms with van der Waals surface area (Å²) in [6.45, 7) is -0.156. The number of methoxy groups -OCH3 is 1. The van der Waals surface area contributed by atoms with Crippen LogP contribution in [0.2, 0.25) is 0 Å². The van der Waals surface area contributed by atoms with Crippen LogP contribution in [0.3, 0.4) is 0 Å². The standard InChI is InChI=1S/C16H20F3N3O3/c1-25-13-5-3-2-4-11(13)9-22-7-6-20-15(24)12(22)8-14(23)21-10-16(17,18)19/h2-5,12H,6-10H2,1H3,(H,20,24)(H,21,23).